The maximum absolute atomic E-state index is 12.2. The summed E-state index contributed by atoms with van der Waals surface area (Å²) in [6.07, 6.45) is 5.05. The molecule has 0 bridgehead atoms. The van der Waals surface area contributed by atoms with Gasteiger partial charge in [0.05, 0.1) is 5.56 Å². The fourth-order valence-corrected chi connectivity index (χ4v) is 3.26. The molecule has 1 aromatic heterocycles. The average molecular weight is 266 g/mol. The van der Waals surface area contributed by atoms with Crippen LogP contribution in [-0.2, 0) is 0 Å². The molecule has 2 unspecified atom stereocenters. The van der Waals surface area contributed by atoms with Crippen LogP contribution < -0.4 is 5.32 Å². The second-order valence-corrected chi connectivity index (χ2v) is 5.31. The summed E-state index contributed by atoms with van der Waals surface area (Å²) in [6.45, 7) is 2.26. The molecule has 0 aromatic carbocycles. The molecule has 1 aromatic rings. The van der Waals surface area contributed by atoms with Crippen molar-refractivity contribution in [3.63, 3.8) is 0 Å². The lowest BCUT2D eigenvalue weighted by atomic mass is 10.1. The average Bonchev–Trinajstić information content (AvgIpc) is 2.94. The lowest BCUT2D eigenvalue weighted by Gasteiger charge is -2.21. The van der Waals surface area contributed by atoms with E-state index in [1.54, 1.807) is 18.3 Å². The molecule has 2 atom stereocenters. The summed E-state index contributed by atoms with van der Waals surface area (Å²) >= 11 is 5.93. The summed E-state index contributed by atoms with van der Waals surface area (Å²) in [4.78, 5) is 18.6. The van der Waals surface area contributed by atoms with Crippen molar-refractivity contribution in [3.8, 4) is 0 Å². The number of nitrogens with zero attached hydrogens (tertiary/aromatic N) is 2. The van der Waals surface area contributed by atoms with Gasteiger partial charge in [-0.25, -0.2) is 4.98 Å². The van der Waals surface area contributed by atoms with Gasteiger partial charge >= 0.3 is 0 Å². The van der Waals surface area contributed by atoms with Crippen LogP contribution in [-0.4, -0.2) is 41.0 Å². The topological polar surface area (TPSA) is 45.2 Å². The number of fused-ring (bicyclic) bond motifs is 1. The number of hydrogen-bond donors (Lipinski definition) is 1. The summed E-state index contributed by atoms with van der Waals surface area (Å²) in [6, 6.07) is 4.23. The number of pyridine rings is 1. The maximum Gasteiger partial charge on any atom is 0.254 e. The minimum Gasteiger partial charge on any atom is -0.348 e. The number of amides is 1. The molecular formula is C13H16ClN3O. The molecule has 5 heteroatoms. The minimum absolute atomic E-state index is 0.105. The van der Waals surface area contributed by atoms with Crippen LogP contribution in [0.5, 0.6) is 0 Å². The normalized spacial score (nSPS) is 27.2. The van der Waals surface area contributed by atoms with Crippen LogP contribution in [0, 0.1) is 0 Å². The van der Waals surface area contributed by atoms with E-state index in [-0.39, 0.29) is 17.1 Å². The first-order valence-corrected chi connectivity index (χ1v) is 6.79. The molecule has 4 nitrogen and oxygen atoms in total. The van der Waals surface area contributed by atoms with Gasteiger partial charge in [-0.05, 0) is 37.9 Å². The van der Waals surface area contributed by atoms with E-state index in [2.05, 4.69) is 15.2 Å². The van der Waals surface area contributed by atoms with Crippen LogP contribution in [0.4, 0.5) is 0 Å². The predicted octanol–water partition coefficient (Wildman–Crippen LogP) is 1.70. The maximum atomic E-state index is 12.2. The zero-order valence-corrected chi connectivity index (χ0v) is 10.9. The molecule has 2 fully saturated rings. The van der Waals surface area contributed by atoms with E-state index in [1.165, 1.54) is 19.4 Å². The molecule has 1 amide bonds. The summed E-state index contributed by atoms with van der Waals surface area (Å²) in [5.74, 6) is -0.105. The smallest absolute Gasteiger partial charge is 0.254 e. The summed E-state index contributed by atoms with van der Waals surface area (Å²) in [5, 5.41) is 3.38. The molecule has 2 aliphatic heterocycles. The van der Waals surface area contributed by atoms with Crippen molar-refractivity contribution in [2.24, 2.45) is 0 Å². The number of nitrogens with one attached hydrogen (secondary N) is 1. The van der Waals surface area contributed by atoms with Crippen molar-refractivity contribution in [3.05, 3.63) is 29.0 Å². The van der Waals surface area contributed by atoms with E-state index in [1.807, 2.05) is 0 Å². The zero-order valence-electron chi connectivity index (χ0n) is 10.1. The number of hydrogen-bond acceptors (Lipinski definition) is 3. The first-order valence-electron chi connectivity index (χ1n) is 6.41. The molecule has 2 aliphatic rings. The van der Waals surface area contributed by atoms with Gasteiger partial charge in [-0.1, -0.05) is 11.6 Å². The second kappa shape index (κ2) is 4.86. The van der Waals surface area contributed by atoms with Gasteiger partial charge in [0.2, 0.25) is 0 Å². The Bertz CT molecular complexity index is 465. The van der Waals surface area contributed by atoms with E-state index in [4.69, 9.17) is 11.6 Å². The lowest BCUT2D eigenvalue weighted by molar-refractivity contribution is 0.0929. The summed E-state index contributed by atoms with van der Waals surface area (Å²) < 4.78 is 0. The highest BCUT2D eigenvalue weighted by Crippen LogP contribution is 2.28. The van der Waals surface area contributed by atoms with Gasteiger partial charge in [-0.2, -0.15) is 0 Å². The van der Waals surface area contributed by atoms with Crippen molar-refractivity contribution < 1.29 is 4.79 Å². The van der Waals surface area contributed by atoms with E-state index in [0.717, 1.165) is 13.0 Å². The molecule has 3 heterocycles. The van der Waals surface area contributed by atoms with Gasteiger partial charge in [-0.15, -0.1) is 0 Å². The first kappa shape index (κ1) is 11.9. The van der Waals surface area contributed by atoms with E-state index >= 15 is 0 Å². The van der Waals surface area contributed by atoms with Gasteiger partial charge in [0.15, 0.2) is 0 Å². The van der Waals surface area contributed by atoms with Crippen molar-refractivity contribution in [2.75, 3.05) is 13.1 Å². The van der Waals surface area contributed by atoms with Crippen LogP contribution in [0.1, 0.15) is 29.6 Å². The predicted molar refractivity (Wildman–Crippen MR) is 69.7 cm³/mol. The molecular weight excluding hydrogens is 250 g/mol. The van der Waals surface area contributed by atoms with Crippen molar-refractivity contribution >= 4 is 17.5 Å². The third-order valence-corrected chi connectivity index (χ3v) is 4.23. The Morgan fingerprint density at radius 3 is 3.17 bits per heavy atom. The number of rotatable bonds is 2. The standard InChI is InChI=1S/C13H16ClN3O/c14-12-9(3-1-6-15-12)13(18)16-10-5-8-17-7-2-4-11(10)17/h1,3,6,10-11H,2,4-5,7-8H2,(H,16,18). The van der Waals surface area contributed by atoms with Gasteiger partial charge in [0.25, 0.3) is 5.91 Å². The molecule has 1 N–H and O–H groups in total. The quantitative estimate of drug-likeness (QED) is 0.828. The number of carbonyl (C=O) groups is 1. The Morgan fingerprint density at radius 2 is 2.33 bits per heavy atom. The fourth-order valence-electron chi connectivity index (χ4n) is 3.05. The van der Waals surface area contributed by atoms with Crippen molar-refractivity contribution in [2.45, 2.75) is 31.3 Å². The van der Waals surface area contributed by atoms with E-state index in [0.29, 0.717) is 11.6 Å². The van der Waals surface area contributed by atoms with Crippen LogP contribution in [0.2, 0.25) is 5.15 Å². The van der Waals surface area contributed by atoms with Crippen molar-refractivity contribution in [1.29, 1.82) is 0 Å². The molecule has 3 rings (SSSR count). The number of carbonyl (C=O) groups excluding carboxylic acids is 1. The Kier molecular flexibility index (Phi) is 3.22. The van der Waals surface area contributed by atoms with Crippen molar-refractivity contribution in [1.82, 2.24) is 15.2 Å². The van der Waals surface area contributed by atoms with E-state index in [9.17, 15) is 4.79 Å². The first-order chi connectivity index (χ1) is 8.75. The fraction of sp³-hybridized carbons (Fsp3) is 0.538. The molecule has 0 radical (unpaired) electrons. The van der Waals surface area contributed by atoms with Crippen LogP contribution >= 0.6 is 11.6 Å². The molecule has 0 spiro atoms. The van der Waals surface area contributed by atoms with Gasteiger partial charge in [0.1, 0.15) is 5.15 Å². The van der Waals surface area contributed by atoms with Gasteiger partial charge in [0, 0.05) is 24.8 Å². The van der Waals surface area contributed by atoms with Crippen LogP contribution in [0.15, 0.2) is 18.3 Å². The molecule has 0 saturated carbocycles. The van der Waals surface area contributed by atoms with Gasteiger partial charge in [-0.3, -0.25) is 9.69 Å². The SMILES string of the molecule is O=C(NC1CCN2CCCC12)c1cccnc1Cl. The lowest BCUT2D eigenvalue weighted by Crippen LogP contribution is -2.42. The minimum atomic E-state index is -0.105. The van der Waals surface area contributed by atoms with Crippen LogP contribution in [0.25, 0.3) is 0 Å². The largest absolute Gasteiger partial charge is 0.348 e. The molecule has 96 valence electrons. The molecule has 18 heavy (non-hydrogen) atoms. The Morgan fingerprint density at radius 1 is 1.44 bits per heavy atom. The monoisotopic (exact) mass is 265 g/mol. The third-order valence-electron chi connectivity index (χ3n) is 3.93. The highest BCUT2D eigenvalue weighted by molar-refractivity contribution is 6.32. The highest BCUT2D eigenvalue weighted by atomic mass is 35.5. The zero-order chi connectivity index (χ0) is 12.5. The van der Waals surface area contributed by atoms with Gasteiger partial charge < -0.3 is 5.32 Å². The van der Waals surface area contributed by atoms with E-state index < -0.39 is 0 Å². The summed E-state index contributed by atoms with van der Waals surface area (Å²) in [5.41, 5.74) is 0.468. The Balaban J connectivity index is 1.70. The second-order valence-electron chi connectivity index (χ2n) is 4.96. The Labute approximate surface area is 111 Å². The highest BCUT2D eigenvalue weighted by Gasteiger charge is 2.37. The third kappa shape index (κ3) is 2.10. The van der Waals surface area contributed by atoms with Crippen LogP contribution in [0.3, 0.4) is 0 Å². The Hall–Kier alpha value is -1.13. The number of halogens is 1. The number of aromatic nitrogens is 1. The summed E-state index contributed by atoms with van der Waals surface area (Å²) in [7, 11) is 0. The molecule has 2 saturated heterocycles. The molecule has 0 aliphatic carbocycles.